The first kappa shape index (κ1) is 37.5. The summed E-state index contributed by atoms with van der Waals surface area (Å²) in [4.78, 5) is 0. The van der Waals surface area contributed by atoms with E-state index in [9.17, 15) is 0 Å². The Balaban J connectivity index is 0.000000154. The van der Waals surface area contributed by atoms with Crippen LogP contribution in [0.5, 0.6) is 0 Å². The number of hydrogen-bond donors (Lipinski definition) is 0. The Morgan fingerprint density at radius 1 is 0.333 bits per heavy atom. The molecule has 6 rings (SSSR count). The smallest absolute Gasteiger partial charge is 0.112 e. The van der Waals surface area contributed by atoms with Crippen molar-refractivity contribution in [1.29, 1.82) is 0 Å². The molecule has 45 heavy (non-hydrogen) atoms. The molecule has 9 heteroatoms. The highest BCUT2D eigenvalue weighted by molar-refractivity contribution is 4.98. The monoisotopic (exact) mass is 642 g/mol. The lowest BCUT2D eigenvalue weighted by Crippen LogP contribution is -2.33. The lowest BCUT2D eigenvalue weighted by molar-refractivity contribution is -0.0587. The predicted octanol–water partition coefficient (Wildman–Crippen LogP) is 5.55. The summed E-state index contributed by atoms with van der Waals surface area (Å²) in [6.45, 7) is 30.3. The van der Waals surface area contributed by atoms with Crippen molar-refractivity contribution >= 4 is 0 Å². The highest BCUT2D eigenvalue weighted by Crippen LogP contribution is 2.38. The van der Waals surface area contributed by atoms with Gasteiger partial charge in [-0.25, -0.2) is 0 Å². The van der Waals surface area contributed by atoms with Gasteiger partial charge in [-0.15, -0.1) is 0 Å². The summed E-state index contributed by atoms with van der Waals surface area (Å²) in [6, 6.07) is 0. The van der Waals surface area contributed by atoms with Crippen LogP contribution in [0.1, 0.15) is 83.1 Å². The summed E-state index contributed by atoms with van der Waals surface area (Å²) in [7, 11) is 0. The van der Waals surface area contributed by atoms with Gasteiger partial charge >= 0.3 is 0 Å². The fourth-order valence-electron chi connectivity index (χ4n) is 7.60. The van der Waals surface area contributed by atoms with Crippen molar-refractivity contribution < 1.29 is 42.6 Å². The van der Waals surface area contributed by atoms with Crippen LogP contribution in [0.3, 0.4) is 0 Å². The van der Waals surface area contributed by atoms with Crippen molar-refractivity contribution in [3.8, 4) is 0 Å². The van der Waals surface area contributed by atoms with Crippen LogP contribution in [0.25, 0.3) is 0 Å². The third kappa shape index (κ3) is 9.42. The first-order valence-electron chi connectivity index (χ1n) is 17.9. The lowest BCUT2D eigenvalue weighted by Gasteiger charge is -2.20. The van der Waals surface area contributed by atoms with Crippen LogP contribution in [-0.4, -0.2) is 113 Å². The Bertz CT molecular complexity index is 754. The van der Waals surface area contributed by atoms with Crippen LogP contribution >= 0.6 is 0 Å². The van der Waals surface area contributed by atoms with Gasteiger partial charge in [-0.2, -0.15) is 0 Å². The number of fused-ring (bicyclic) bond motifs is 3. The second-order valence-corrected chi connectivity index (χ2v) is 15.7. The van der Waals surface area contributed by atoms with Crippen molar-refractivity contribution in [2.24, 2.45) is 35.5 Å². The van der Waals surface area contributed by atoms with Crippen LogP contribution in [0.4, 0.5) is 0 Å². The van der Waals surface area contributed by atoms with Gasteiger partial charge in [-0.05, 0) is 59.3 Å². The van der Waals surface area contributed by atoms with E-state index in [-0.39, 0.29) is 73.2 Å². The minimum Gasteiger partial charge on any atom is -0.372 e. The Labute approximate surface area is 274 Å². The van der Waals surface area contributed by atoms with E-state index in [0.717, 1.165) is 19.8 Å². The van der Waals surface area contributed by atoms with Crippen LogP contribution in [-0.2, 0) is 42.6 Å². The van der Waals surface area contributed by atoms with E-state index in [1.54, 1.807) is 0 Å². The molecule has 0 aromatic carbocycles. The highest BCUT2D eigenvalue weighted by Gasteiger charge is 2.51. The standard InChI is InChI=1S/3C12H22O3/c3*1-7(2)9-5-13-12-10(15-8(3)4)6-14-11(9)12/h3*7-12H,5-6H2,1-4H3/t9-,10+,11+,12+;9-,10+,11-,12-;9-,10-,11-,12-/m100/s1. The largest absolute Gasteiger partial charge is 0.372 e. The van der Waals surface area contributed by atoms with Gasteiger partial charge in [0.05, 0.1) is 76.3 Å². The van der Waals surface area contributed by atoms with E-state index in [2.05, 4.69) is 83.1 Å². The molecule has 0 unspecified atom stereocenters. The van der Waals surface area contributed by atoms with E-state index >= 15 is 0 Å². The molecule has 0 aliphatic carbocycles. The van der Waals surface area contributed by atoms with Crippen LogP contribution in [0, 0.1) is 35.5 Å². The van der Waals surface area contributed by atoms with E-state index in [0.29, 0.717) is 55.3 Å². The molecule has 6 heterocycles. The van der Waals surface area contributed by atoms with Crippen molar-refractivity contribution in [3.05, 3.63) is 0 Å². The van der Waals surface area contributed by atoms with Crippen LogP contribution in [0.2, 0.25) is 0 Å². The Morgan fingerprint density at radius 3 is 0.756 bits per heavy atom. The number of ether oxygens (including phenoxy) is 9. The van der Waals surface area contributed by atoms with Gasteiger partial charge in [0.15, 0.2) is 0 Å². The Morgan fingerprint density at radius 2 is 0.556 bits per heavy atom. The Hall–Kier alpha value is -0.360. The first-order valence-corrected chi connectivity index (χ1v) is 17.9. The maximum absolute atomic E-state index is 5.81. The van der Waals surface area contributed by atoms with Gasteiger partial charge in [0.2, 0.25) is 0 Å². The fourth-order valence-corrected chi connectivity index (χ4v) is 7.60. The minimum atomic E-state index is 0.138. The zero-order valence-corrected chi connectivity index (χ0v) is 30.3. The predicted molar refractivity (Wildman–Crippen MR) is 173 cm³/mol. The summed E-state index contributed by atoms with van der Waals surface area (Å²) in [5.74, 6) is 3.48. The van der Waals surface area contributed by atoms with Gasteiger partial charge in [0.25, 0.3) is 0 Å². The third-order valence-corrected chi connectivity index (χ3v) is 10.0. The summed E-state index contributed by atoms with van der Waals surface area (Å²) < 4.78 is 52.3. The third-order valence-electron chi connectivity index (χ3n) is 10.0. The van der Waals surface area contributed by atoms with E-state index in [1.807, 2.05) is 0 Å². The quantitative estimate of drug-likeness (QED) is 0.322. The van der Waals surface area contributed by atoms with Crippen molar-refractivity contribution in [1.82, 2.24) is 0 Å². The summed E-state index contributed by atoms with van der Waals surface area (Å²) in [6.07, 6.45) is 2.43. The molecule has 6 aliphatic heterocycles. The highest BCUT2D eigenvalue weighted by atomic mass is 16.6. The maximum atomic E-state index is 5.81. The SMILES string of the molecule is CC(C)O[C@@H]1CO[C@@H]2[C@H]1OC[C@H]2C(C)C.CC(C)O[C@H]1CO[C@@H]2[C@H]1OC[C@@H]2C(C)C.CC(C)O[C@H]1CO[C@@H]2[C@H]1OC[C@H]2C(C)C. The topological polar surface area (TPSA) is 83.1 Å². The lowest BCUT2D eigenvalue weighted by atomic mass is 9.90. The zero-order valence-electron chi connectivity index (χ0n) is 30.3. The number of rotatable bonds is 9. The Kier molecular flexibility index (Phi) is 14.0. The van der Waals surface area contributed by atoms with E-state index < -0.39 is 0 Å². The van der Waals surface area contributed by atoms with Crippen LogP contribution in [0.15, 0.2) is 0 Å². The molecule has 6 aliphatic rings. The van der Waals surface area contributed by atoms with Gasteiger partial charge < -0.3 is 42.6 Å². The maximum Gasteiger partial charge on any atom is 0.112 e. The van der Waals surface area contributed by atoms with Crippen LogP contribution < -0.4 is 0 Å². The van der Waals surface area contributed by atoms with E-state index in [4.69, 9.17) is 42.6 Å². The molecule has 6 fully saturated rings. The molecule has 0 bridgehead atoms. The second-order valence-electron chi connectivity index (χ2n) is 15.7. The van der Waals surface area contributed by atoms with Crippen molar-refractivity contribution in [2.75, 3.05) is 39.6 Å². The van der Waals surface area contributed by atoms with Gasteiger partial charge in [0, 0.05) is 17.8 Å². The molecular formula is C36H66O9. The van der Waals surface area contributed by atoms with E-state index in [1.165, 1.54) is 0 Å². The molecule has 0 aromatic heterocycles. The molecular weight excluding hydrogens is 576 g/mol. The minimum absolute atomic E-state index is 0.138. The average Bonchev–Trinajstić information content (AvgIpc) is 3.76. The molecule has 0 amide bonds. The molecule has 0 aromatic rings. The molecule has 9 nitrogen and oxygen atoms in total. The molecule has 0 N–H and O–H groups in total. The zero-order chi connectivity index (χ0) is 33.0. The molecule has 264 valence electrons. The summed E-state index contributed by atoms with van der Waals surface area (Å²) in [5, 5.41) is 0. The molecule has 12 atom stereocenters. The normalized spacial score (nSPS) is 40.4. The summed E-state index contributed by atoms with van der Waals surface area (Å²) in [5.41, 5.74) is 0. The average molecular weight is 643 g/mol. The molecule has 0 saturated carbocycles. The van der Waals surface area contributed by atoms with Gasteiger partial charge in [0.1, 0.15) is 36.6 Å². The van der Waals surface area contributed by atoms with Gasteiger partial charge in [-0.1, -0.05) is 41.5 Å². The number of hydrogen-bond acceptors (Lipinski definition) is 9. The molecule has 6 saturated heterocycles. The van der Waals surface area contributed by atoms with Crippen molar-refractivity contribution in [3.63, 3.8) is 0 Å². The molecule has 0 radical (unpaired) electrons. The molecule has 0 spiro atoms. The first-order chi connectivity index (χ1) is 21.3. The van der Waals surface area contributed by atoms with Gasteiger partial charge in [-0.3, -0.25) is 0 Å². The van der Waals surface area contributed by atoms with Crippen molar-refractivity contribution in [2.45, 2.75) is 156 Å². The summed E-state index contributed by atoms with van der Waals surface area (Å²) >= 11 is 0. The second kappa shape index (κ2) is 16.8. The fraction of sp³-hybridized carbons (Fsp3) is 1.00.